The average molecular weight is 690 g/mol. The third kappa shape index (κ3) is 11.7. The molecule has 0 radical (unpaired) electrons. The number of hydrogen-bond donors (Lipinski definition) is 6. The zero-order valence-corrected chi connectivity index (χ0v) is 28.1. The number of rotatable bonds is 19. The van der Waals surface area contributed by atoms with Crippen LogP contribution in [-0.4, -0.2) is 89.9 Å². The Bertz CT molecular complexity index is 1670. The molecular formula is C29H35N15S3. The maximum atomic E-state index is 5.66. The second kappa shape index (κ2) is 18.6. The number of hydrogen-bond acceptors (Lipinski definition) is 18. The molecule has 47 heavy (non-hydrogen) atoms. The fraction of sp³-hybridized carbons (Fsp3) is 0.276. The Morgan fingerprint density at radius 1 is 0.511 bits per heavy atom. The number of nitrogens with zero attached hydrogens (tertiary/aromatic N) is 9. The molecule has 0 atom stereocenters. The van der Waals surface area contributed by atoms with Crippen molar-refractivity contribution in [3.05, 3.63) is 67.0 Å². The van der Waals surface area contributed by atoms with E-state index >= 15 is 0 Å². The van der Waals surface area contributed by atoms with E-state index in [2.05, 4.69) is 78.4 Å². The van der Waals surface area contributed by atoms with Gasteiger partial charge in [-0.2, -0.15) is 34.9 Å². The van der Waals surface area contributed by atoms with Crippen LogP contribution in [0.3, 0.4) is 0 Å². The van der Waals surface area contributed by atoms with Crippen LogP contribution in [0.25, 0.3) is 0 Å². The molecule has 3 aromatic heterocycles. The summed E-state index contributed by atoms with van der Waals surface area (Å²) in [5, 5.41) is 18.0. The SMILES string of the molecule is CCSc1nc(NCCNc2ncnc(Sc3ccccc3)n2)nc(NCCNc2nc(NCCN)nc(Sc3ccccc3)n2)n1. The quantitative estimate of drug-likeness (QED) is 0.0534. The summed E-state index contributed by atoms with van der Waals surface area (Å²) < 4.78 is 0. The van der Waals surface area contributed by atoms with Crippen molar-refractivity contribution in [1.29, 1.82) is 0 Å². The Balaban J connectivity index is 1.12. The maximum Gasteiger partial charge on any atom is 0.228 e. The summed E-state index contributed by atoms with van der Waals surface area (Å²) in [5.41, 5.74) is 5.66. The van der Waals surface area contributed by atoms with Gasteiger partial charge < -0.3 is 32.3 Å². The van der Waals surface area contributed by atoms with Crippen LogP contribution in [-0.2, 0) is 0 Å². The molecule has 0 bridgehead atoms. The summed E-state index contributed by atoms with van der Waals surface area (Å²) in [6.45, 7) is 5.19. The first-order valence-electron chi connectivity index (χ1n) is 14.9. The molecule has 0 spiro atoms. The van der Waals surface area contributed by atoms with E-state index in [1.807, 2.05) is 60.7 Å². The van der Waals surface area contributed by atoms with E-state index < -0.39 is 0 Å². The number of aromatic nitrogens is 9. The van der Waals surface area contributed by atoms with E-state index in [4.69, 9.17) is 5.73 Å². The lowest BCUT2D eigenvalue weighted by molar-refractivity contribution is 0.865. The van der Waals surface area contributed by atoms with Gasteiger partial charge in [-0.25, -0.2) is 9.97 Å². The molecule has 15 nitrogen and oxygen atoms in total. The summed E-state index contributed by atoms with van der Waals surface area (Å²) in [7, 11) is 0. The van der Waals surface area contributed by atoms with E-state index in [1.165, 1.54) is 29.9 Å². The van der Waals surface area contributed by atoms with E-state index in [-0.39, 0.29) is 0 Å². The fourth-order valence-corrected chi connectivity index (χ4v) is 5.82. The van der Waals surface area contributed by atoms with Crippen LogP contribution in [0, 0.1) is 0 Å². The first-order chi connectivity index (χ1) is 23.2. The maximum absolute atomic E-state index is 5.66. The minimum Gasteiger partial charge on any atom is -0.353 e. The van der Waals surface area contributed by atoms with Gasteiger partial charge in [-0.1, -0.05) is 55.1 Å². The normalized spacial score (nSPS) is 10.8. The minimum atomic E-state index is 0.455. The molecule has 0 saturated carbocycles. The number of thioether (sulfide) groups is 1. The Morgan fingerprint density at radius 3 is 1.47 bits per heavy atom. The second-order valence-electron chi connectivity index (χ2n) is 9.31. The molecular weight excluding hydrogens is 655 g/mol. The predicted molar refractivity (Wildman–Crippen MR) is 189 cm³/mol. The van der Waals surface area contributed by atoms with Crippen molar-refractivity contribution >= 4 is 65.0 Å². The molecule has 5 rings (SSSR count). The first kappa shape index (κ1) is 33.8. The third-order valence-electron chi connectivity index (χ3n) is 5.77. The second-order valence-corrected chi connectivity index (χ2v) is 12.6. The van der Waals surface area contributed by atoms with E-state index in [0.717, 1.165) is 15.5 Å². The predicted octanol–water partition coefficient (Wildman–Crippen LogP) is 4.07. The molecule has 0 unspecified atom stereocenters. The lowest BCUT2D eigenvalue weighted by Crippen LogP contribution is -2.20. The Morgan fingerprint density at radius 2 is 0.957 bits per heavy atom. The van der Waals surface area contributed by atoms with Crippen LogP contribution in [0.2, 0.25) is 0 Å². The summed E-state index contributed by atoms with van der Waals surface area (Å²) in [4.78, 5) is 42.3. The first-order valence-corrected chi connectivity index (χ1v) is 17.5. The van der Waals surface area contributed by atoms with E-state index in [9.17, 15) is 0 Å². The molecule has 2 aromatic carbocycles. The van der Waals surface area contributed by atoms with Crippen molar-refractivity contribution in [3.63, 3.8) is 0 Å². The van der Waals surface area contributed by atoms with E-state index in [1.54, 1.807) is 11.8 Å². The van der Waals surface area contributed by atoms with Gasteiger partial charge in [-0.15, -0.1) is 0 Å². The van der Waals surface area contributed by atoms with Gasteiger partial charge in [-0.3, -0.25) is 0 Å². The van der Waals surface area contributed by atoms with Crippen molar-refractivity contribution in [2.45, 2.75) is 32.2 Å². The van der Waals surface area contributed by atoms with Crippen LogP contribution < -0.4 is 32.3 Å². The van der Waals surface area contributed by atoms with Crippen molar-refractivity contribution in [2.75, 3.05) is 71.6 Å². The lowest BCUT2D eigenvalue weighted by atomic mass is 10.4. The Kier molecular flexibility index (Phi) is 13.4. The molecule has 5 aromatic rings. The highest BCUT2D eigenvalue weighted by atomic mass is 32.2. The average Bonchev–Trinajstić information content (AvgIpc) is 3.09. The van der Waals surface area contributed by atoms with Gasteiger partial charge in [0.05, 0.1) is 0 Å². The largest absolute Gasteiger partial charge is 0.353 e. The van der Waals surface area contributed by atoms with Gasteiger partial charge in [0.2, 0.25) is 29.7 Å². The number of nitrogens with one attached hydrogen (secondary N) is 5. The topological polar surface area (TPSA) is 202 Å². The zero-order valence-electron chi connectivity index (χ0n) is 25.6. The highest BCUT2D eigenvalue weighted by Crippen LogP contribution is 2.26. The summed E-state index contributed by atoms with van der Waals surface area (Å²) in [6, 6.07) is 19.9. The molecule has 0 saturated heterocycles. The molecule has 7 N–H and O–H groups in total. The Labute approximate surface area is 285 Å². The molecule has 0 aliphatic carbocycles. The number of nitrogens with two attached hydrogens (primary N) is 1. The monoisotopic (exact) mass is 689 g/mol. The van der Waals surface area contributed by atoms with Gasteiger partial charge in [-0.05, 0) is 53.5 Å². The highest BCUT2D eigenvalue weighted by Gasteiger charge is 2.10. The van der Waals surface area contributed by atoms with Crippen LogP contribution in [0.4, 0.5) is 29.7 Å². The number of benzene rings is 2. The molecule has 0 aliphatic heterocycles. The van der Waals surface area contributed by atoms with Crippen LogP contribution in [0.5, 0.6) is 0 Å². The summed E-state index contributed by atoms with van der Waals surface area (Å²) >= 11 is 4.48. The highest BCUT2D eigenvalue weighted by molar-refractivity contribution is 7.99. The molecule has 0 fully saturated rings. The van der Waals surface area contributed by atoms with Gasteiger partial charge in [0.1, 0.15) is 6.33 Å². The zero-order chi connectivity index (χ0) is 32.5. The van der Waals surface area contributed by atoms with Crippen LogP contribution in [0.1, 0.15) is 6.92 Å². The van der Waals surface area contributed by atoms with Gasteiger partial charge in [0.25, 0.3) is 0 Å². The molecule has 3 heterocycles. The minimum absolute atomic E-state index is 0.455. The van der Waals surface area contributed by atoms with Crippen molar-refractivity contribution in [3.8, 4) is 0 Å². The summed E-state index contributed by atoms with van der Waals surface area (Å²) in [6.07, 6.45) is 1.50. The van der Waals surface area contributed by atoms with Crippen molar-refractivity contribution in [1.82, 2.24) is 44.9 Å². The third-order valence-corrected chi connectivity index (χ3v) is 8.26. The molecule has 0 amide bonds. The van der Waals surface area contributed by atoms with E-state index in [0.29, 0.717) is 84.5 Å². The van der Waals surface area contributed by atoms with Crippen LogP contribution >= 0.6 is 35.3 Å². The summed E-state index contributed by atoms with van der Waals surface area (Å²) in [5.74, 6) is 3.19. The molecule has 244 valence electrons. The van der Waals surface area contributed by atoms with Crippen LogP contribution in [0.15, 0.2) is 92.3 Å². The lowest BCUT2D eigenvalue weighted by Gasteiger charge is -2.12. The van der Waals surface area contributed by atoms with Crippen molar-refractivity contribution < 1.29 is 0 Å². The Hall–Kier alpha value is -4.52. The van der Waals surface area contributed by atoms with Gasteiger partial charge in [0.15, 0.2) is 15.5 Å². The molecule has 0 aliphatic rings. The number of anilines is 5. The smallest absolute Gasteiger partial charge is 0.228 e. The molecule has 18 heteroatoms. The van der Waals surface area contributed by atoms with Gasteiger partial charge in [0, 0.05) is 49.1 Å². The standard InChI is InChI=1S/C29H35N15S3/c1-2-45-28-41-24(33-16-15-32-22-36-19-37-27(40-22)46-20-9-5-3-6-10-20)39-25(42-28)34-17-18-35-26-38-23(31-14-13-30)43-29(44-26)47-21-11-7-4-8-12-21/h3-12,19H,2,13-18,30H2,1H3,(H,32,36,37,40)(H2,31,35,38,43,44)(H2,33,34,39,41,42). The van der Waals surface area contributed by atoms with Gasteiger partial charge >= 0.3 is 0 Å². The van der Waals surface area contributed by atoms with Crippen molar-refractivity contribution in [2.24, 2.45) is 5.73 Å². The fourth-order valence-electron chi connectivity index (χ4n) is 3.75.